The van der Waals surface area contributed by atoms with Crippen molar-refractivity contribution in [2.75, 3.05) is 5.43 Å². The number of nitrogens with one attached hydrogen (secondary N) is 1. The fourth-order valence-electron chi connectivity index (χ4n) is 8.64. The van der Waals surface area contributed by atoms with Crippen molar-refractivity contribution >= 4 is 64.0 Å². The molecule has 2 aromatic carbocycles. The molecule has 4 heterocycles. The highest BCUT2D eigenvalue weighted by molar-refractivity contribution is 7.09. The number of rotatable bonds is 6. The van der Waals surface area contributed by atoms with E-state index in [1.807, 2.05) is 23.6 Å². The van der Waals surface area contributed by atoms with E-state index in [-0.39, 0.29) is 42.8 Å². The summed E-state index contributed by atoms with van der Waals surface area (Å²) < 4.78 is 40.3. The number of likely N-dealkylation sites (tertiary alicyclic amines) is 1. The van der Waals surface area contributed by atoms with Gasteiger partial charge in [0.2, 0.25) is 11.8 Å². The Labute approximate surface area is 308 Å². The van der Waals surface area contributed by atoms with Crippen LogP contribution in [-0.2, 0) is 37.3 Å². The number of amides is 4. The van der Waals surface area contributed by atoms with E-state index >= 15 is 4.79 Å². The third-order valence-corrected chi connectivity index (χ3v) is 12.2. The Hall–Kier alpha value is -4.72. The minimum atomic E-state index is -4.74. The molecule has 2 aliphatic carbocycles. The number of fused-ring (bicyclic) bond motifs is 4. The smallest absolute Gasteiger partial charge is 0.417 e. The van der Waals surface area contributed by atoms with Gasteiger partial charge in [0.1, 0.15) is 5.75 Å². The van der Waals surface area contributed by atoms with Crippen molar-refractivity contribution in [1.29, 1.82) is 0 Å². The van der Waals surface area contributed by atoms with E-state index < -0.39 is 63.6 Å². The van der Waals surface area contributed by atoms with E-state index in [1.165, 1.54) is 22.3 Å². The van der Waals surface area contributed by atoms with Gasteiger partial charge in [0.15, 0.2) is 5.82 Å². The third-order valence-electron chi connectivity index (χ3n) is 10.8. The Bertz CT molecular complexity index is 2180. The molecule has 0 spiro atoms. The van der Waals surface area contributed by atoms with Gasteiger partial charge in [0.25, 0.3) is 11.8 Å². The van der Waals surface area contributed by atoms with Crippen LogP contribution in [-0.4, -0.2) is 43.6 Å². The summed E-state index contributed by atoms with van der Waals surface area (Å²) in [6.45, 7) is 0.113. The van der Waals surface area contributed by atoms with Crippen LogP contribution in [0.5, 0.6) is 5.75 Å². The number of nitrogens with zero attached hydrogens (tertiary/aromatic N) is 3. The number of halogens is 5. The summed E-state index contributed by atoms with van der Waals surface area (Å²) in [6.07, 6.45) is -2.17. The van der Waals surface area contributed by atoms with Crippen LogP contribution in [0.25, 0.3) is 0 Å². The number of aromatic nitrogens is 1. The Kier molecular flexibility index (Phi) is 8.23. The molecule has 2 aliphatic heterocycles. The van der Waals surface area contributed by atoms with Crippen molar-refractivity contribution in [2.24, 2.45) is 23.7 Å². The van der Waals surface area contributed by atoms with Crippen LogP contribution in [0.1, 0.15) is 40.3 Å². The number of imide groups is 2. The van der Waals surface area contributed by atoms with E-state index in [1.54, 1.807) is 42.5 Å². The molecule has 4 aliphatic rings. The van der Waals surface area contributed by atoms with Crippen LogP contribution in [0.15, 0.2) is 90.0 Å². The number of hydrazine groups is 1. The van der Waals surface area contributed by atoms with Gasteiger partial charge in [-0.2, -0.15) is 18.2 Å². The number of pyridine rings is 1. The first-order chi connectivity index (χ1) is 24.8. The lowest BCUT2D eigenvalue weighted by atomic mass is 9.49. The molecule has 1 saturated carbocycles. The number of carbonyl (C=O) groups is 4. The molecule has 0 radical (unpaired) electrons. The van der Waals surface area contributed by atoms with Crippen LogP contribution in [0.3, 0.4) is 0 Å². The summed E-state index contributed by atoms with van der Waals surface area (Å²) >= 11 is 13.9. The molecule has 0 bridgehead atoms. The van der Waals surface area contributed by atoms with Gasteiger partial charge < -0.3 is 5.11 Å². The molecule has 8 rings (SSSR count). The van der Waals surface area contributed by atoms with Crippen molar-refractivity contribution in [2.45, 2.75) is 36.9 Å². The summed E-state index contributed by atoms with van der Waals surface area (Å²) in [5, 5.41) is 13.9. The molecule has 2 saturated heterocycles. The molecule has 9 nitrogen and oxygen atoms in total. The molecule has 0 unspecified atom stereocenters. The number of benzene rings is 2. The lowest BCUT2D eigenvalue weighted by Gasteiger charge is -2.50. The molecular formula is C37H27Cl2F3N4O5S. The topological polar surface area (TPSA) is 120 Å². The van der Waals surface area contributed by atoms with Crippen molar-refractivity contribution < 1.29 is 37.5 Å². The number of aromatic hydroxyl groups is 1. The van der Waals surface area contributed by atoms with Crippen LogP contribution >= 0.6 is 34.5 Å². The number of hydrogen-bond acceptors (Lipinski definition) is 8. The highest BCUT2D eigenvalue weighted by atomic mass is 35.5. The SMILES string of the molecule is O=C1[C@H]2[C@H](CC=C3[C@H]2C[C@H]2C(=O)N(Nc4ncc(C(F)(F)F)cc4Cl)C(=O)[C@@]2(c2ccc(Cl)cc2)[C@H]3c2ccccc2O)C(=O)N1Cc1cccs1. The number of para-hydroxylation sites is 1. The van der Waals surface area contributed by atoms with Gasteiger partial charge in [-0.1, -0.05) is 71.2 Å². The fourth-order valence-corrected chi connectivity index (χ4v) is 9.67. The minimum absolute atomic E-state index is 0.0253. The first-order valence-corrected chi connectivity index (χ1v) is 17.9. The summed E-state index contributed by atoms with van der Waals surface area (Å²) in [7, 11) is 0. The molecule has 266 valence electrons. The van der Waals surface area contributed by atoms with Gasteiger partial charge in [0, 0.05) is 27.6 Å². The maximum Gasteiger partial charge on any atom is 0.417 e. The minimum Gasteiger partial charge on any atom is -0.508 e. The zero-order valence-corrected chi connectivity index (χ0v) is 29.1. The van der Waals surface area contributed by atoms with Gasteiger partial charge in [0.05, 0.1) is 40.3 Å². The van der Waals surface area contributed by atoms with E-state index in [2.05, 4.69) is 10.4 Å². The van der Waals surface area contributed by atoms with Crippen LogP contribution in [0.4, 0.5) is 19.0 Å². The predicted octanol–water partition coefficient (Wildman–Crippen LogP) is 7.36. The first-order valence-electron chi connectivity index (χ1n) is 16.3. The average molecular weight is 768 g/mol. The number of phenols is 1. The molecule has 4 amide bonds. The molecule has 2 N–H and O–H groups in total. The third kappa shape index (κ3) is 5.15. The highest BCUT2D eigenvalue weighted by Crippen LogP contribution is 2.65. The fraction of sp³-hybridized carbons (Fsp3) is 0.270. The zero-order valence-electron chi connectivity index (χ0n) is 26.8. The number of thiophene rings is 1. The number of anilines is 1. The van der Waals surface area contributed by atoms with Gasteiger partial charge >= 0.3 is 6.18 Å². The summed E-state index contributed by atoms with van der Waals surface area (Å²) in [5.41, 5.74) is 1.06. The van der Waals surface area contributed by atoms with Crippen LogP contribution < -0.4 is 5.43 Å². The van der Waals surface area contributed by atoms with Crippen LogP contribution in [0, 0.1) is 23.7 Å². The molecule has 6 atom stereocenters. The number of alkyl halides is 3. The van der Waals surface area contributed by atoms with E-state index in [0.717, 1.165) is 4.88 Å². The standard InChI is InChI=1S/C37H27Cl2F3N4O5S/c38-20-9-7-18(8-10-20)36-26(33(49)46(35(36)51)44-31-27(39)14-19(16-43-31)37(40,41)42)15-25-22(30(36)23-5-1-2-6-28(23)47)11-12-24-29(25)34(50)45(32(24)48)17-21-4-3-13-52-21/h1-11,13-14,16,24-26,29-30,47H,12,15,17H2,(H,43,44)/t24-,25+,26-,29-,30+,36+/m0/s1. The average Bonchev–Trinajstić information content (AvgIpc) is 3.77. The Morgan fingerprint density at radius 2 is 1.71 bits per heavy atom. The largest absolute Gasteiger partial charge is 0.508 e. The van der Waals surface area contributed by atoms with Crippen LogP contribution in [0.2, 0.25) is 10.0 Å². The summed E-state index contributed by atoms with van der Waals surface area (Å²) in [6, 6.07) is 17.1. The predicted molar refractivity (Wildman–Crippen MR) is 185 cm³/mol. The Morgan fingerprint density at radius 3 is 2.38 bits per heavy atom. The molecule has 15 heteroatoms. The Morgan fingerprint density at radius 1 is 0.962 bits per heavy atom. The second-order valence-corrected chi connectivity index (χ2v) is 15.2. The molecule has 52 heavy (non-hydrogen) atoms. The maximum atomic E-state index is 15.2. The lowest BCUT2D eigenvalue weighted by molar-refractivity contribution is -0.142. The second kappa shape index (κ2) is 12.5. The zero-order chi connectivity index (χ0) is 36.7. The van der Waals surface area contributed by atoms with Gasteiger partial charge in [-0.25, -0.2) is 4.98 Å². The quantitative estimate of drug-likeness (QED) is 0.156. The number of allylic oxidation sites excluding steroid dienone is 2. The molecule has 4 aromatic rings. The van der Waals surface area contributed by atoms with E-state index in [9.17, 15) is 32.7 Å². The highest BCUT2D eigenvalue weighted by Gasteiger charge is 2.70. The van der Waals surface area contributed by atoms with E-state index in [4.69, 9.17) is 23.2 Å². The second-order valence-electron chi connectivity index (χ2n) is 13.3. The summed E-state index contributed by atoms with van der Waals surface area (Å²) in [5.74, 6) is -7.12. The van der Waals surface area contributed by atoms with Crippen molar-refractivity contribution in [1.82, 2.24) is 14.9 Å². The lowest BCUT2D eigenvalue weighted by Crippen LogP contribution is -2.53. The Balaban J connectivity index is 1.29. The maximum absolute atomic E-state index is 15.2. The van der Waals surface area contributed by atoms with E-state index in [0.29, 0.717) is 39.0 Å². The van der Waals surface area contributed by atoms with Crippen molar-refractivity contribution in [3.05, 3.63) is 122 Å². The monoisotopic (exact) mass is 766 g/mol. The van der Waals surface area contributed by atoms with Gasteiger partial charge in [-0.15, -0.1) is 11.3 Å². The first kappa shape index (κ1) is 34.4. The van der Waals surface area contributed by atoms with Crippen molar-refractivity contribution in [3.63, 3.8) is 0 Å². The number of phenolic OH excluding ortho intramolecular Hbond substituents is 1. The molecule has 3 fully saturated rings. The normalized spacial score (nSPS) is 27.0. The summed E-state index contributed by atoms with van der Waals surface area (Å²) in [4.78, 5) is 63.8. The van der Waals surface area contributed by atoms with Gasteiger partial charge in [-0.05, 0) is 60.0 Å². The molecular weight excluding hydrogens is 740 g/mol. The van der Waals surface area contributed by atoms with Gasteiger partial charge in [-0.3, -0.25) is 29.5 Å². The van der Waals surface area contributed by atoms with Crippen molar-refractivity contribution in [3.8, 4) is 5.75 Å². The molecule has 2 aromatic heterocycles. The number of hydrogen-bond donors (Lipinski definition) is 2. The number of carbonyl (C=O) groups excluding carboxylic acids is 4.